The maximum absolute atomic E-state index is 13.6. The second kappa shape index (κ2) is 7.30. The van der Waals surface area contributed by atoms with Gasteiger partial charge >= 0.3 is 0 Å². The number of nitrogens with zero attached hydrogens (tertiary/aromatic N) is 3. The van der Waals surface area contributed by atoms with Crippen molar-refractivity contribution in [2.75, 3.05) is 6.54 Å². The normalized spacial score (nSPS) is 23.3. The Bertz CT molecular complexity index is 1240. The molecule has 4 heterocycles. The number of halogens is 1. The third kappa shape index (κ3) is 3.19. The van der Waals surface area contributed by atoms with Gasteiger partial charge in [0.2, 0.25) is 5.91 Å². The Hall–Kier alpha value is -3.55. The fraction of sp³-hybridized carbons (Fsp3) is 0.304. The number of fused-ring (bicyclic) bond motifs is 1. The molecule has 0 unspecified atom stereocenters. The highest BCUT2D eigenvalue weighted by Crippen LogP contribution is 2.45. The number of benzene rings is 1. The molecule has 7 nitrogen and oxygen atoms in total. The van der Waals surface area contributed by atoms with Gasteiger partial charge in [-0.1, -0.05) is 18.2 Å². The largest absolute Gasteiger partial charge is 0.348 e. The van der Waals surface area contributed by atoms with E-state index >= 15 is 0 Å². The van der Waals surface area contributed by atoms with Crippen molar-refractivity contribution in [3.8, 4) is 0 Å². The standard InChI is InChI=1S/C23H21FN4O3/c24-16-7-5-15(6-8-16)20-23(11-9-19(29)26-23)10-3-13-28(20)22(31)17-14-25-18-4-1-2-12-27(18)21(17)30/h1-2,4-8,12,14,20H,3,9-11,13H2,(H,26,29)/t20-,23+/m1/s1. The molecule has 2 aliphatic heterocycles. The van der Waals surface area contributed by atoms with Crippen LogP contribution in [-0.4, -0.2) is 38.2 Å². The van der Waals surface area contributed by atoms with E-state index < -0.39 is 23.0 Å². The van der Waals surface area contributed by atoms with Gasteiger partial charge in [0.15, 0.2) is 0 Å². The molecule has 31 heavy (non-hydrogen) atoms. The predicted octanol–water partition coefficient (Wildman–Crippen LogP) is 2.46. The lowest BCUT2D eigenvalue weighted by atomic mass is 9.76. The minimum Gasteiger partial charge on any atom is -0.348 e. The number of rotatable bonds is 2. The van der Waals surface area contributed by atoms with Gasteiger partial charge in [-0.05, 0) is 49.1 Å². The van der Waals surface area contributed by atoms with E-state index in [1.165, 1.54) is 22.7 Å². The van der Waals surface area contributed by atoms with Crippen molar-refractivity contribution >= 4 is 17.5 Å². The monoisotopic (exact) mass is 420 g/mol. The molecule has 2 aliphatic rings. The average Bonchev–Trinajstić information content (AvgIpc) is 3.15. The summed E-state index contributed by atoms with van der Waals surface area (Å²) in [4.78, 5) is 44.7. The topological polar surface area (TPSA) is 83.8 Å². The van der Waals surface area contributed by atoms with Crippen LogP contribution in [0.2, 0.25) is 0 Å². The van der Waals surface area contributed by atoms with E-state index in [1.807, 2.05) is 0 Å². The van der Waals surface area contributed by atoms with Crippen LogP contribution in [0.4, 0.5) is 4.39 Å². The fourth-order valence-corrected chi connectivity index (χ4v) is 4.95. The second-order valence-electron chi connectivity index (χ2n) is 8.17. The van der Waals surface area contributed by atoms with E-state index in [4.69, 9.17) is 0 Å². The van der Waals surface area contributed by atoms with Crippen LogP contribution in [0.5, 0.6) is 0 Å². The zero-order valence-corrected chi connectivity index (χ0v) is 16.8. The Morgan fingerprint density at radius 3 is 2.68 bits per heavy atom. The summed E-state index contributed by atoms with van der Waals surface area (Å²) in [6, 6.07) is 10.7. The Labute approximate surface area is 177 Å². The predicted molar refractivity (Wildman–Crippen MR) is 111 cm³/mol. The van der Waals surface area contributed by atoms with Gasteiger partial charge < -0.3 is 10.2 Å². The van der Waals surface area contributed by atoms with Crippen molar-refractivity contribution < 1.29 is 14.0 Å². The summed E-state index contributed by atoms with van der Waals surface area (Å²) >= 11 is 0. The summed E-state index contributed by atoms with van der Waals surface area (Å²) in [5.74, 6) is -0.877. The number of nitrogens with one attached hydrogen (secondary N) is 1. The zero-order chi connectivity index (χ0) is 21.6. The van der Waals surface area contributed by atoms with E-state index in [1.54, 1.807) is 41.4 Å². The van der Waals surface area contributed by atoms with Crippen LogP contribution in [0.15, 0.2) is 59.7 Å². The highest BCUT2D eigenvalue weighted by Gasteiger charge is 2.51. The van der Waals surface area contributed by atoms with Gasteiger partial charge in [0.05, 0.1) is 11.6 Å². The second-order valence-corrected chi connectivity index (χ2v) is 8.17. The molecule has 3 aromatic rings. The number of amides is 2. The SMILES string of the molecule is O=C1CC[C@]2(CCCN(C(=O)c3cnc4ccccn4c3=O)[C@@H]2c2ccc(F)cc2)N1. The van der Waals surface area contributed by atoms with Crippen LogP contribution in [-0.2, 0) is 4.79 Å². The third-order valence-electron chi connectivity index (χ3n) is 6.33. The minimum absolute atomic E-state index is 0.0304. The van der Waals surface area contributed by atoms with Crippen LogP contribution in [0.3, 0.4) is 0 Å². The Morgan fingerprint density at radius 2 is 1.94 bits per heavy atom. The molecule has 1 N–H and O–H groups in total. The Balaban J connectivity index is 1.61. The number of carbonyl (C=O) groups excluding carboxylic acids is 2. The summed E-state index contributed by atoms with van der Waals surface area (Å²) in [7, 11) is 0. The molecule has 5 rings (SSSR count). The smallest absolute Gasteiger partial charge is 0.270 e. The summed E-state index contributed by atoms with van der Waals surface area (Å²) in [6.07, 6.45) is 5.24. The van der Waals surface area contributed by atoms with Gasteiger partial charge in [0.1, 0.15) is 17.0 Å². The number of hydrogen-bond donors (Lipinski definition) is 1. The molecule has 1 aromatic carbocycles. The van der Waals surface area contributed by atoms with Crippen LogP contribution >= 0.6 is 0 Å². The molecule has 2 amide bonds. The van der Waals surface area contributed by atoms with Gasteiger partial charge in [-0.3, -0.25) is 18.8 Å². The van der Waals surface area contributed by atoms with Crippen LogP contribution in [0, 0.1) is 5.82 Å². The number of piperidine rings is 1. The van der Waals surface area contributed by atoms with E-state index in [0.29, 0.717) is 37.9 Å². The molecule has 158 valence electrons. The van der Waals surface area contributed by atoms with Gasteiger partial charge in [0.25, 0.3) is 11.5 Å². The lowest BCUT2D eigenvalue weighted by Gasteiger charge is -2.48. The molecular formula is C23H21FN4O3. The minimum atomic E-state index is -0.636. The van der Waals surface area contributed by atoms with Gasteiger partial charge in [-0.2, -0.15) is 0 Å². The molecule has 1 spiro atoms. The highest BCUT2D eigenvalue weighted by atomic mass is 19.1. The molecule has 0 bridgehead atoms. The summed E-state index contributed by atoms with van der Waals surface area (Å²) in [5, 5.41) is 3.09. The lowest BCUT2D eigenvalue weighted by molar-refractivity contribution is -0.120. The first-order chi connectivity index (χ1) is 15.0. The van der Waals surface area contributed by atoms with Crippen LogP contribution in [0.25, 0.3) is 5.65 Å². The third-order valence-corrected chi connectivity index (χ3v) is 6.33. The van der Waals surface area contributed by atoms with E-state index in [9.17, 15) is 18.8 Å². The molecular weight excluding hydrogens is 399 g/mol. The van der Waals surface area contributed by atoms with E-state index in [-0.39, 0.29) is 17.3 Å². The van der Waals surface area contributed by atoms with Crippen LogP contribution < -0.4 is 10.9 Å². The molecule has 0 aliphatic carbocycles. The summed E-state index contributed by atoms with van der Waals surface area (Å²) in [6.45, 7) is 0.426. The van der Waals surface area contributed by atoms with E-state index in [0.717, 1.165) is 5.56 Å². The Morgan fingerprint density at radius 1 is 1.13 bits per heavy atom. The lowest BCUT2D eigenvalue weighted by Crippen LogP contribution is -2.58. The quantitative estimate of drug-likeness (QED) is 0.690. The molecule has 2 fully saturated rings. The van der Waals surface area contributed by atoms with Gasteiger partial charge in [-0.15, -0.1) is 0 Å². The van der Waals surface area contributed by atoms with E-state index in [2.05, 4.69) is 10.3 Å². The molecule has 2 atom stereocenters. The van der Waals surface area contributed by atoms with Crippen molar-refractivity contribution in [3.63, 3.8) is 0 Å². The van der Waals surface area contributed by atoms with Crippen molar-refractivity contribution in [2.24, 2.45) is 0 Å². The van der Waals surface area contributed by atoms with Gasteiger partial charge in [0, 0.05) is 25.4 Å². The number of carbonyl (C=O) groups is 2. The maximum Gasteiger partial charge on any atom is 0.270 e. The Kier molecular flexibility index (Phi) is 4.57. The first kappa shape index (κ1) is 19.4. The summed E-state index contributed by atoms with van der Waals surface area (Å²) < 4.78 is 14.9. The molecule has 0 saturated carbocycles. The summed E-state index contributed by atoms with van der Waals surface area (Å²) in [5.41, 5.74) is 0.0760. The number of aromatic nitrogens is 2. The number of likely N-dealkylation sites (tertiary alicyclic amines) is 1. The number of hydrogen-bond acceptors (Lipinski definition) is 4. The van der Waals surface area contributed by atoms with Crippen molar-refractivity contribution in [3.05, 3.63) is 82.2 Å². The zero-order valence-electron chi connectivity index (χ0n) is 16.8. The first-order valence-electron chi connectivity index (χ1n) is 10.3. The molecule has 2 aromatic heterocycles. The van der Waals surface area contributed by atoms with Crippen molar-refractivity contribution in [1.29, 1.82) is 0 Å². The first-order valence-corrected chi connectivity index (χ1v) is 10.3. The molecule has 2 saturated heterocycles. The van der Waals surface area contributed by atoms with Crippen molar-refractivity contribution in [1.82, 2.24) is 19.6 Å². The maximum atomic E-state index is 13.6. The fourth-order valence-electron chi connectivity index (χ4n) is 4.95. The van der Waals surface area contributed by atoms with Gasteiger partial charge in [-0.25, -0.2) is 9.37 Å². The number of pyridine rings is 1. The molecule has 0 radical (unpaired) electrons. The highest BCUT2D eigenvalue weighted by molar-refractivity contribution is 5.94. The average molecular weight is 420 g/mol. The van der Waals surface area contributed by atoms with Crippen LogP contribution in [0.1, 0.15) is 47.6 Å². The molecule has 8 heteroatoms. The van der Waals surface area contributed by atoms with Crippen molar-refractivity contribution in [2.45, 2.75) is 37.3 Å².